The highest BCUT2D eigenvalue weighted by Gasteiger charge is 2.37. The first kappa shape index (κ1) is 50.1. The second-order valence-electron chi connectivity index (χ2n) is 15.1. The third-order valence-electron chi connectivity index (χ3n) is 10.8. The van der Waals surface area contributed by atoms with Gasteiger partial charge < -0.3 is 9.80 Å². The number of anilines is 2. The van der Waals surface area contributed by atoms with Crippen LogP contribution in [0.1, 0.15) is 40.6 Å². The van der Waals surface area contributed by atoms with Crippen LogP contribution in [0.25, 0.3) is 0 Å². The van der Waals surface area contributed by atoms with E-state index < -0.39 is 62.1 Å². The summed E-state index contributed by atoms with van der Waals surface area (Å²) in [7, 11) is -8.43. The molecule has 6 aromatic rings. The standard InChI is InChI=1S/C22H21Br2F2N3O2S2.C21H19Br2F2N3O2S2/c1-2-14-3-5-15(6-4-14)11-16-13-32-22(27-16)28-7-9-29(10-8-28)33(30,31)21-19(24)18(25)12-17(23)20(21)26;1-13-2-4-14(5-3-13)10-15-12-31-21(26-15)27-6-8-28(9-7-27)32(29,30)20-18(23)17(24)11-16(22)19(20)25/h3-6,12-13H,2,7-11H2,1H3;2-5,11-12H,6-10H2,1H3. The smallest absolute Gasteiger partial charge is 0.247 e. The van der Waals surface area contributed by atoms with Gasteiger partial charge in [-0.15, -0.1) is 22.7 Å². The van der Waals surface area contributed by atoms with Crippen LogP contribution in [0.3, 0.4) is 0 Å². The highest BCUT2D eigenvalue weighted by atomic mass is 79.9. The molecule has 4 aromatic carbocycles. The van der Waals surface area contributed by atoms with E-state index in [1.54, 1.807) is 0 Å². The van der Waals surface area contributed by atoms with Crippen LogP contribution in [0.15, 0.2) is 99.1 Å². The zero-order chi connectivity index (χ0) is 46.8. The molecule has 8 rings (SSSR count). The van der Waals surface area contributed by atoms with Crippen molar-refractivity contribution in [2.24, 2.45) is 0 Å². The van der Waals surface area contributed by atoms with Gasteiger partial charge in [0.1, 0.15) is 21.4 Å². The van der Waals surface area contributed by atoms with E-state index in [0.29, 0.717) is 26.2 Å². The maximum absolute atomic E-state index is 14.6. The highest BCUT2D eigenvalue weighted by Crippen LogP contribution is 2.37. The summed E-state index contributed by atoms with van der Waals surface area (Å²) in [5.74, 6) is -3.72. The van der Waals surface area contributed by atoms with Crippen molar-refractivity contribution in [3.63, 3.8) is 0 Å². The summed E-state index contributed by atoms with van der Waals surface area (Å²) in [6.07, 6.45) is 2.46. The number of hydrogen-bond acceptors (Lipinski definition) is 10. The number of rotatable bonds is 11. The first-order chi connectivity index (χ1) is 30.9. The molecule has 2 aliphatic heterocycles. The molecule has 0 bridgehead atoms. The predicted octanol–water partition coefficient (Wildman–Crippen LogP) is 11.0. The third kappa shape index (κ3) is 11.4. The van der Waals surface area contributed by atoms with E-state index in [1.807, 2.05) is 27.5 Å². The first-order valence-electron chi connectivity index (χ1n) is 20.1. The van der Waals surface area contributed by atoms with Crippen molar-refractivity contribution in [3.8, 4) is 0 Å². The average Bonchev–Trinajstić information content (AvgIpc) is 3.96. The van der Waals surface area contributed by atoms with Crippen molar-refractivity contribution >= 4 is 117 Å². The number of benzene rings is 4. The first-order valence-corrected chi connectivity index (χ1v) is 27.9. The van der Waals surface area contributed by atoms with Crippen LogP contribution in [-0.4, -0.2) is 87.8 Å². The van der Waals surface area contributed by atoms with Gasteiger partial charge in [-0.2, -0.15) is 8.61 Å². The minimum absolute atomic E-state index is 0.148. The van der Waals surface area contributed by atoms with E-state index in [-0.39, 0.29) is 35.1 Å². The number of thiazole rings is 2. The summed E-state index contributed by atoms with van der Waals surface area (Å²) in [5, 5.41) is 5.68. The van der Waals surface area contributed by atoms with Gasteiger partial charge in [0.15, 0.2) is 21.9 Å². The molecular formula is C43H40Br4F4N6O4S4. The van der Waals surface area contributed by atoms with E-state index >= 15 is 0 Å². The van der Waals surface area contributed by atoms with E-state index in [4.69, 9.17) is 9.97 Å². The number of aromatic nitrogens is 2. The van der Waals surface area contributed by atoms with Crippen LogP contribution in [0.5, 0.6) is 0 Å². The molecular weight excluding hydrogens is 1190 g/mol. The molecule has 346 valence electrons. The Morgan fingerprint density at radius 3 is 1.29 bits per heavy atom. The van der Waals surface area contributed by atoms with Crippen LogP contribution < -0.4 is 9.80 Å². The molecule has 0 atom stereocenters. The molecule has 2 saturated heterocycles. The van der Waals surface area contributed by atoms with Crippen molar-refractivity contribution < 1.29 is 34.4 Å². The van der Waals surface area contributed by atoms with Gasteiger partial charge in [0.25, 0.3) is 0 Å². The summed E-state index contributed by atoms with van der Waals surface area (Å²) in [6, 6.07) is 18.6. The summed E-state index contributed by atoms with van der Waals surface area (Å²) in [4.78, 5) is 12.1. The summed E-state index contributed by atoms with van der Waals surface area (Å²) < 4.78 is 111. The Kier molecular flexibility index (Phi) is 16.4. The van der Waals surface area contributed by atoms with Crippen molar-refractivity contribution in [2.75, 3.05) is 62.2 Å². The maximum atomic E-state index is 14.6. The minimum atomic E-state index is -4.22. The van der Waals surface area contributed by atoms with Gasteiger partial charge >= 0.3 is 0 Å². The largest absolute Gasteiger partial charge is 0.345 e. The van der Waals surface area contributed by atoms with Crippen molar-refractivity contribution in [1.29, 1.82) is 0 Å². The minimum Gasteiger partial charge on any atom is -0.345 e. The Balaban J connectivity index is 0.000000194. The molecule has 0 N–H and O–H groups in total. The van der Waals surface area contributed by atoms with Gasteiger partial charge in [0, 0.05) is 76.0 Å². The fourth-order valence-electron chi connectivity index (χ4n) is 7.12. The molecule has 65 heavy (non-hydrogen) atoms. The Labute approximate surface area is 417 Å². The number of sulfonamides is 2. The van der Waals surface area contributed by atoms with Gasteiger partial charge in [0.2, 0.25) is 20.0 Å². The van der Waals surface area contributed by atoms with Crippen LogP contribution in [0, 0.1) is 30.2 Å². The number of halogens is 8. The fourth-order valence-corrected chi connectivity index (χ4v) is 14.9. The highest BCUT2D eigenvalue weighted by molar-refractivity contribution is 9.11. The second kappa shape index (κ2) is 21.2. The molecule has 0 saturated carbocycles. The SMILES string of the molecule is CCc1ccc(Cc2csc(N3CCN(S(=O)(=O)c4c(F)c(Br)cc(F)c4Br)CC3)n2)cc1.Cc1ccc(Cc2csc(N3CCN(S(=O)(=O)c4c(F)c(Br)cc(F)c4Br)CC3)n2)cc1. The van der Waals surface area contributed by atoms with E-state index in [0.717, 1.165) is 53.0 Å². The van der Waals surface area contributed by atoms with Crippen LogP contribution in [0.2, 0.25) is 0 Å². The van der Waals surface area contributed by atoms with Crippen LogP contribution >= 0.6 is 86.4 Å². The van der Waals surface area contributed by atoms with E-state index in [2.05, 4.69) is 119 Å². The van der Waals surface area contributed by atoms with Crippen LogP contribution in [0.4, 0.5) is 27.8 Å². The number of piperazine rings is 2. The van der Waals surface area contributed by atoms with E-state index in [9.17, 15) is 34.4 Å². The van der Waals surface area contributed by atoms with Gasteiger partial charge in [0.05, 0.1) is 29.3 Å². The lowest BCUT2D eigenvalue weighted by Crippen LogP contribution is -2.49. The summed E-state index contributed by atoms with van der Waals surface area (Å²) in [5.41, 5.74) is 6.79. The summed E-state index contributed by atoms with van der Waals surface area (Å²) >= 11 is 14.6. The summed E-state index contributed by atoms with van der Waals surface area (Å²) in [6.45, 7) is 6.40. The van der Waals surface area contributed by atoms with Crippen molar-refractivity contribution in [2.45, 2.75) is 42.9 Å². The average molecular weight is 1230 g/mol. The Bertz CT molecular complexity index is 2840. The van der Waals surface area contributed by atoms with Crippen molar-refractivity contribution in [1.82, 2.24) is 18.6 Å². The zero-order valence-electron chi connectivity index (χ0n) is 34.7. The van der Waals surface area contributed by atoms with Crippen LogP contribution in [-0.2, 0) is 39.3 Å². The lowest BCUT2D eigenvalue weighted by molar-refractivity contribution is 0.380. The Hall–Kier alpha value is -2.80. The third-order valence-corrected chi connectivity index (χ3v) is 19.8. The monoisotopic (exact) mass is 1220 g/mol. The zero-order valence-corrected chi connectivity index (χ0v) is 44.3. The lowest BCUT2D eigenvalue weighted by Gasteiger charge is -2.34. The molecule has 2 fully saturated rings. The van der Waals surface area contributed by atoms with Gasteiger partial charge in [-0.25, -0.2) is 44.4 Å². The number of nitrogens with zero attached hydrogens (tertiary/aromatic N) is 6. The lowest BCUT2D eigenvalue weighted by atomic mass is 10.1. The fraction of sp³-hybridized carbons (Fsp3) is 0.302. The quantitative estimate of drug-likeness (QED) is 0.0933. The number of aryl methyl sites for hydroxylation is 2. The molecule has 2 aromatic heterocycles. The molecule has 0 aliphatic carbocycles. The topological polar surface area (TPSA) is 107 Å². The number of hydrogen-bond donors (Lipinski definition) is 0. The normalized spacial score (nSPS) is 15.3. The molecule has 22 heteroatoms. The molecule has 0 unspecified atom stereocenters. The predicted molar refractivity (Wildman–Crippen MR) is 262 cm³/mol. The molecule has 2 aliphatic rings. The molecule has 4 heterocycles. The second-order valence-corrected chi connectivity index (χ2v) is 23.8. The van der Waals surface area contributed by atoms with Gasteiger partial charge in [-0.1, -0.05) is 61.0 Å². The van der Waals surface area contributed by atoms with E-state index in [1.165, 1.54) is 53.5 Å². The van der Waals surface area contributed by atoms with Crippen molar-refractivity contribution in [3.05, 3.63) is 146 Å². The van der Waals surface area contributed by atoms with Gasteiger partial charge in [-0.05, 0) is 106 Å². The van der Waals surface area contributed by atoms with Gasteiger partial charge in [-0.3, -0.25) is 0 Å². The molecule has 0 amide bonds. The molecule has 10 nitrogen and oxygen atoms in total. The Morgan fingerprint density at radius 1 is 0.569 bits per heavy atom. The molecule has 0 radical (unpaired) electrons. The Morgan fingerprint density at radius 2 is 0.923 bits per heavy atom. The molecule has 0 spiro atoms. The maximum Gasteiger partial charge on any atom is 0.247 e.